The van der Waals surface area contributed by atoms with Gasteiger partial charge >= 0.3 is 0 Å². The SMILES string of the molecule is COc1ccccc1OCCCN(C)c1cc(C)nc(N)n1. The first-order valence-electron chi connectivity index (χ1n) is 7.18. The summed E-state index contributed by atoms with van der Waals surface area (Å²) < 4.78 is 11.0. The van der Waals surface area contributed by atoms with Gasteiger partial charge in [0.15, 0.2) is 11.5 Å². The van der Waals surface area contributed by atoms with E-state index >= 15 is 0 Å². The van der Waals surface area contributed by atoms with Crippen molar-refractivity contribution < 1.29 is 9.47 Å². The molecule has 2 aromatic rings. The first-order chi connectivity index (χ1) is 10.6. The lowest BCUT2D eigenvalue weighted by Gasteiger charge is -2.19. The highest BCUT2D eigenvalue weighted by Crippen LogP contribution is 2.25. The minimum Gasteiger partial charge on any atom is -0.493 e. The summed E-state index contributed by atoms with van der Waals surface area (Å²) in [5, 5.41) is 0. The van der Waals surface area contributed by atoms with Crippen molar-refractivity contribution in [2.45, 2.75) is 13.3 Å². The molecule has 0 bridgehead atoms. The molecular weight excluding hydrogens is 280 g/mol. The lowest BCUT2D eigenvalue weighted by Crippen LogP contribution is -2.22. The second-order valence-corrected chi connectivity index (χ2v) is 5.00. The van der Waals surface area contributed by atoms with Crippen LogP contribution >= 0.6 is 0 Å². The normalized spacial score (nSPS) is 10.3. The molecule has 0 aliphatic carbocycles. The number of hydrogen-bond acceptors (Lipinski definition) is 6. The minimum absolute atomic E-state index is 0.298. The summed E-state index contributed by atoms with van der Waals surface area (Å²) in [5.41, 5.74) is 6.53. The Morgan fingerprint density at radius 3 is 2.59 bits per heavy atom. The number of ether oxygens (including phenoxy) is 2. The van der Waals surface area contributed by atoms with Gasteiger partial charge in [0.05, 0.1) is 13.7 Å². The number of aryl methyl sites for hydroxylation is 1. The van der Waals surface area contributed by atoms with Gasteiger partial charge in [-0.05, 0) is 25.5 Å². The summed E-state index contributed by atoms with van der Waals surface area (Å²) >= 11 is 0. The third-order valence-corrected chi connectivity index (χ3v) is 3.21. The van der Waals surface area contributed by atoms with Crippen LogP contribution in [0.1, 0.15) is 12.1 Å². The molecule has 0 atom stereocenters. The summed E-state index contributed by atoms with van der Waals surface area (Å²) in [6.07, 6.45) is 0.859. The fourth-order valence-electron chi connectivity index (χ4n) is 2.11. The maximum Gasteiger partial charge on any atom is 0.222 e. The van der Waals surface area contributed by atoms with Gasteiger partial charge in [-0.15, -0.1) is 0 Å². The lowest BCUT2D eigenvalue weighted by atomic mass is 10.3. The molecule has 0 fully saturated rings. The summed E-state index contributed by atoms with van der Waals surface area (Å²) in [6.45, 7) is 3.31. The highest BCUT2D eigenvalue weighted by atomic mass is 16.5. The minimum atomic E-state index is 0.298. The predicted octanol–water partition coefficient (Wildman–Crippen LogP) is 2.28. The molecule has 0 aliphatic rings. The van der Waals surface area contributed by atoms with E-state index in [0.29, 0.717) is 12.6 Å². The molecule has 6 nitrogen and oxygen atoms in total. The number of methoxy groups -OCH3 is 1. The molecule has 118 valence electrons. The molecule has 1 heterocycles. The Balaban J connectivity index is 1.83. The van der Waals surface area contributed by atoms with Gasteiger partial charge in [0, 0.05) is 25.4 Å². The zero-order chi connectivity index (χ0) is 15.9. The van der Waals surface area contributed by atoms with Gasteiger partial charge in [0.25, 0.3) is 0 Å². The van der Waals surface area contributed by atoms with Gasteiger partial charge in [-0.25, -0.2) is 4.98 Å². The standard InChI is InChI=1S/C16H22N4O2/c1-12-11-15(19-16(17)18-12)20(2)9-6-10-22-14-8-5-4-7-13(14)21-3/h4-5,7-8,11H,6,9-10H2,1-3H3,(H2,17,18,19). The van der Waals surface area contributed by atoms with Gasteiger partial charge in [-0.3, -0.25) is 0 Å². The quantitative estimate of drug-likeness (QED) is 0.791. The molecule has 6 heteroatoms. The Morgan fingerprint density at radius 1 is 1.18 bits per heavy atom. The third kappa shape index (κ3) is 4.25. The molecule has 0 aliphatic heterocycles. The number of nitrogens with two attached hydrogens (primary N) is 1. The van der Waals surface area contributed by atoms with E-state index in [-0.39, 0.29) is 0 Å². The maximum atomic E-state index is 5.75. The second kappa shape index (κ2) is 7.49. The Morgan fingerprint density at radius 2 is 1.91 bits per heavy atom. The monoisotopic (exact) mass is 302 g/mol. The summed E-state index contributed by atoms with van der Waals surface area (Å²) in [4.78, 5) is 10.3. The highest BCUT2D eigenvalue weighted by molar-refractivity contribution is 5.42. The number of nitrogens with zero attached hydrogens (tertiary/aromatic N) is 3. The van der Waals surface area contributed by atoms with Crippen LogP contribution < -0.4 is 20.1 Å². The Bertz CT molecular complexity index is 599. The predicted molar refractivity (Wildman–Crippen MR) is 87.6 cm³/mol. The lowest BCUT2D eigenvalue weighted by molar-refractivity contribution is 0.290. The zero-order valence-corrected chi connectivity index (χ0v) is 13.2. The van der Waals surface area contributed by atoms with E-state index < -0.39 is 0 Å². The average Bonchev–Trinajstić information content (AvgIpc) is 2.50. The van der Waals surface area contributed by atoms with Crippen molar-refractivity contribution in [3.8, 4) is 11.5 Å². The van der Waals surface area contributed by atoms with E-state index in [9.17, 15) is 0 Å². The zero-order valence-electron chi connectivity index (χ0n) is 13.2. The van der Waals surface area contributed by atoms with Crippen LogP contribution in [0.4, 0.5) is 11.8 Å². The number of nitrogen functional groups attached to an aromatic ring is 1. The van der Waals surface area contributed by atoms with Crippen LogP contribution in [0.5, 0.6) is 11.5 Å². The second-order valence-electron chi connectivity index (χ2n) is 5.00. The Hall–Kier alpha value is -2.50. The van der Waals surface area contributed by atoms with Gasteiger partial charge in [-0.1, -0.05) is 12.1 Å². The number of hydrogen-bond donors (Lipinski definition) is 1. The molecule has 0 amide bonds. The van der Waals surface area contributed by atoms with Crippen molar-refractivity contribution in [1.82, 2.24) is 9.97 Å². The van der Waals surface area contributed by atoms with E-state index in [1.54, 1.807) is 7.11 Å². The van der Waals surface area contributed by atoms with Gasteiger partial charge in [0.2, 0.25) is 5.95 Å². The maximum absolute atomic E-state index is 5.75. The number of aromatic nitrogens is 2. The smallest absolute Gasteiger partial charge is 0.222 e. The molecule has 0 saturated heterocycles. The van der Waals surface area contributed by atoms with Crippen LogP contribution in [0, 0.1) is 6.92 Å². The molecule has 22 heavy (non-hydrogen) atoms. The number of rotatable bonds is 7. The van der Waals surface area contributed by atoms with Crippen LogP contribution in [0.15, 0.2) is 30.3 Å². The van der Waals surface area contributed by atoms with Crippen molar-refractivity contribution in [2.24, 2.45) is 0 Å². The molecular formula is C16H22N4O2. The van der Waals surface area contributed by atoms with Gasteiger partial charge in [-0.2, -0.15) is 4.98 Å². The number of para-hydroxylation sites is 2. The van der Waals surface area contributed by atoms with Crippen LogP contribution in [0.2, 0.25) is 0 Å². The van der Waals surface area contributed by atoms with E-state index in [1.165, 1.54) is 0 Å². The number of benzene rings is 1. The fourth-order valence-corrected chi connectivity index (χ4v) is 2.11. The molecule has 0 radical (unpaired) electrons. The van der Waals surface area contributed by atoms with E-state index in [1.807, 2.05) is 49.2 Å². The van der Waals surface area contributed by atoms with Crippen molar-refractivity contribution in [3.05, 3.63) is 36.0 Å². The highest BCUT2D eigenvalue weighted by Gasteiger charge is 2.06. The topological polar surface area (TPSA) is 73.5 Å². The van der Waals surface area contributed by atoms with Crippen LogP contribution in [-0.2, 0) is 0 Å². The summed E-state index contributed by atoms with van der Waals surface area (Å²) in [5.74, 6) is 2.62. The van der Waals surface area contributed by atoms with E-state index in [4.69, 9.17) is 15.2 Å². The van der Waals surface area contributed by atoms with Crippen molar-refractivity contribution >= 4 is 11.8 Å². The van der Waals surface area contributed by atoms with Crippen molar-refractivity contribution in [3.63, 3.8) is 0 Å². The average molecular weight is 302 g/mol. The first kappa shape index (κ1) is 15.9. The van der Waals surface area contributed by atoms with E-state index in [0.717, 1.165) is 36.0 Å². The molecule has 1 aromatic carbocycles. The van der Waals surface area contributed by atoms with Gasteiger partial charge in [0.1, 0.15) is 5.82 Å². The molecule has 0 unspecified atom stereocenters. The van der Waals surface area contributed by atoms with Crippen LogP contribution in [-0.4, -0.2) is 37.3 Å². The van der Waals surface area contributed by atoms with Crippen LogP contribution in [0.3, 0.4) is 0 Å². The van der Waals surface area contributed by atoms with E-state index in [2.05, 4.69) is 9.97 Å². The third-order valence-electron chi connectivity index (χ3n) is 3.21. The number of anilines is 2. The Labute approximate surface area is 130 Å². The van der Waals surface area contributed by atoms with Crippen molar-refractivity contribution in [2.75, 3.05) is 37.9 Å². The fraction of sp³-hybridized carbons (Fsp3) is 0.375. The summed E-state index contributed by atoms with van der Waals surface area (Å²) in [6, 6.07) is 9.54. The molecule has 2 N–H and O–H groups in total. The first-order valence-corrected chi connectivity index (χ1v) is 7.18. The van der Waals surface area contributed by atoms with Gasteiger partial charge < -0.3 is 20.1 Å². The molecule has 0 saturated carbocycles. The van der Waals surface area contributed by atoms with Crippen molar-refractivity contribution in [1.29, 1.82) is 0 Å². The Kier molecular flexibility index (Phi) is 5.41. The molecule has 0 spiro atoms. The largest absolute Gasteiger partial charge is 0.493 e. The molecule has 1 aromatic heterocycles. The molecule has 2 rings (SSSR count). The summed E-state index contributed by atoms with van der Waals surface area (Å²) in [7, 11) is 3.61. The van der Waals surface area contributed by atoms with Crippen LogP contribution in [0.25, 0.3) is 0 Å².